The van der Waals surface area contributed by atoms with Crippen molar-refractivity contribution in [2.24, 2.45) is 0 Å². The Hall–Kier alpha value is -1.48. The molecule has 4 heterocycles. The minimum absolute atomic E-state index is 0.180. The van der Waals surface area contributed by atoms with Crippen LogP contribution in [0, 0.1) is 0 Å². The molecule has 2 saturated heterocycles. The van der Waals surface area contributed by atoms with Gasteiger partial charge in [-0.15, -0.1) is 10.2 Å². The standard InChI is InChI=1S/C17H24N6OS2/c24-15(4-2-1-3-14-6-10-25-26-14)20-13-5-8-22(11-13)16-17-21-19-12-23(17)9-7-18-16/h7,9,12-14H,1-6,8,10-11H2,(H,20,24)/t13-,14-/m1/s1. The molecule has 2 fully saturated rings. The van der Waals surface area contributed by atoms with Crippen LogP contribution in [0.2, 0.25) is 0 Å². The van der Waals surface area contributed by atoms with Crippen molar-refractivity contribution in [3.63, 3.8) is 0 Å². The number of fused-ring (bicyclic) bond motifs is 1. The number of aromatic nitrogens is 4. The van der Waals surface area contributed by atoms with Gasteiger partial charge in [0.15, 0.2) is 5.82 Å². The molecule has 2 aromatic rings. The lowest BCUT2D eigenvalue weighted by molar-refractivity contribution is -0.121. The van der Waals surface area contributed by atoms with E-state index in [1.165, 1.54) is 18.6 Å². The summed E-state index contributed by atoms with van der Waals surface area (Å²) in [6.07, 6.45) is 11.6. The summed E-state index contributed by atoms with van der Waals surface area (Å²) >= 11 is 0. The summed E-state index contributed by atoms with van der Waals surface area (Å²) in [6, 6.07) is 0.189. The molecule has 7 nitrogen and oxygen atoms in total. The van der Waals surface area contributed by atoms with Crippen molar-refractivity contribution in [2.45, 2.75) is 49.8 Å². The van der Waals surface area contributed by atoms with E-state index in [4.69, 9.17) is 0 Å². The van der Waals surface area contributed by atoms with Crippen molar-refractivity contribution >= 4 is 39.0 Å². The van der Waals surface area contributed by atoms with Crippen LogP contribution in [0.4, 0.5) is 5.82 Å². The molecule has 0 spiro atoms. The summed E-state index contributed by atoms with van der Waals surface area (Å²) in [5.74, 6) is 2.30. The van der Waals surface area contributed by atoms with E-state index < -0.39 is 0 Å². The number of hydrogen-bond acceptors (Lipinski definition) is 7. The predicted octanol–water partition coefficient (Wildman–Crippen LogP) is 2.53. The summed E-state index contributed by atoms with van der Waals surface area (Å²) in [4.78, 5) is 18.9. The zero-order chi connectivity index (χ0) is 17.8. The minimum Gasteiger partial charge on any atom is -0.352 e. The topological polar surface area (TPSA) is 75.4 Å². The van der Waals surface area contributed by atoms with Gasteiger partial charge in [-0.25, -0.2) is 4.98 Å². The number of nitrogens with zero attached hydrogens (tertiary/aromatic N) is 5. The van der Waals surface area contributed by atoms with Crippen LogP contribution in [0.3, 0.4) is 0 Å². The lowest BCUT2D eigenvalue weighted by atomic mass is 10.1. The van der Waals surface area contributed by atoms with Crippen LogP contribution >= 0.6 is 21.6 Å². The highest BCUT2D eigenvalue weighted by Gasteiger charge is 2.26. The number of carbonyl (C=O) groups is 1. The third-order valence-electron chi connectivity index (χ3n) is 4.96. The normalized spacial score (nSPS) is 23.0. The molecule has 2 aliphatic heterocycles. The number of carbonyl (C=O) groups excluding carboxylic acids is 1. The quantitative estimate of drug-likeness (QED) is 0.573. The van der Waals surface area contributed by atoms with Crippen LogP contribution in [0.5, 0.6) is 0 Å². The Kier molecular flexibility index (Phi) is 5.84. The highest BCUT2D eigenvalue weighted by molar-refractivity contribution is 8.77. The van der Waals surface area contributed by atoms with Crippen molar-refractivity contribution in [1.82, 2.24) is 24.9 Å². The molecule has 2 aromatic heterocycles. The first-order valence-corrected chi connectivity index (χ1v) is 11.6. The zero-order valence-electron chi connectivity index (χ0n) is 14.7. The van der Waals surface area contributed by atoms with E-state index in [0.717, 1.165) is 49.1 Å². The van der Waals surface area contributed by atoms with Gasteiger partial charge in [0.2, 0.25) is 11.6 Å². The van der Waals surface area contributed by atoms with Gasteiger partial charge in [0.05, 0.1) is 0 Å². The van der Waals surface area contributed by atoms with Crippen molar-refractivity contribution < 1.29 is 4.79 Å². The molecule has 26 heavy (non-hydrogen) atoms. The number of nitrogens with one attached hydrogen (secondary N) is 1. The summed E-state index contributed by atoms with van der Waals surface area (Å²) in [5, 5.41) is 12.1. The maximum absolute atomic E-state index is 12.2. The number of hydrogen-bond donors (Lipinski definition) is 1. The first-order chi connectivity index (χ1) is 12.8. The maximum atomic E-state index is 12.2. The third kappa shape index (κ3) is 4.25. The zero-order valence-corrected chi connectivity index (χ0v) is 16.3. The summed E-state index contributed by atoms with van der Waals surface area (Å²) in [7, 11) is 4.01. The fourth-order valence-corrected chi connectivity index (χ4v) is 6.59. The predicted molar refractivity (Wildman–Crippen MR) is 106 cm³/mol. The van der Waals surface area contributed by atoms with Gasteiger partial charge in [0.1, 0.15) is 6.33 Å². The second-order valence-electron chi connectivity index (χ2n) is 6.89. The van der Waals surface area contributed by atoms with Crippen molar-refractivity contribution in [3.8, 4) is 0 Å². The molecule has 0 bridgehead atoms. The average Bonchev–Trinajstić information content (AvgIpc) is 3.39. The van der Waals surface area contributed by atoms with Gasteiger partial charge in [0.25, 0.3) is 0 Å². The van der Waals surface area contributed by atoms with Crippen LogP contribution in [0.1, 0.15) is 38.5 Å². The van der Waals surface area contributed by atoms with E-state index in [9.17, 15) is 4.79 Å². The van der Waals surface area contributed by atoms with Crippen LogP contribution in [0.25, 0.3) is 5.65 Å². The van der Waals surface area contributed by atoms with Gasteiger partial charge < -0.3 is 10.2 Å². The van der Waals surface area contributed by atoms with Crippen molar-refractivity contribution in [1.29, 1.82) is 0 Å². The Labute approximate surface area is 161 Å². The van der Waals surface area contributed by atoms with E-state index in [1.807, 2.05) is 32.2 Å². The van der Waals surface area contributed by atoms with Crippen LogP contribution < -0.4 is 10.2 Å². The first kappa shape index (κ1) is 17.9. The molecular weight excluding hydrogens is 368 g/mol. The van der Waals surface area contributed by atoms with Gasteiger partial charge in [-0.05, 0) is 25.7 Å². The van der Waals surface area contributed by atoms with E-state index in [0.29, 0.717) is 6.42 Å². The van der Waals surface area contributed by atoms with Gasteiger partial charge >= 0.3 is 0 Å². The van der Waals surface area contributed by atoms with E-state index in [-0.39, 0.29) is 11.9 Å². The molecular formula is C17H24N6OS2. The first-order valence-electron chi connectivity index (χ1n) is 9.26. The number of amides is 1. The number of anilines is 1. The molecule has 0 aromatic carbocycles. The monoisotopic (exact) mass is 392 g/mol. The van der Waals surface area contributed by atoms with Crippen LogP contribution in [-0.2, 0) is 4.79 Å². The van der Waals surface area contributed by atoms with E-state index >= 15 is 0 Å². The lowest BCUT2D eigenvalue weighted by Crippen LogP contribution is -2.37. The Morgan fingerprint density at radius 2 is 2.31 bits per heavy atom. The van der Waals surface area contributed by atoms with Crippen molar-refractivity contribution in [3.05, 3.63) is 18.7 Å². The van der Waals surface area contributed by atoms with Crippen LogP contribution in [0.15, 0.2) is 18.7 Å². The highest BCUT2D eigenvalue weighted by Crippen LogP contribution is 2.39. The molecule has 0 saturated carbocycles. The van der Waals surface area contributed by atoms with Gasteiger partial charge in [-0.3, -0.25) is 9.20 Å². The van der Waals surface area contributed by atoms with Gasteiger partial charge in [-0.1, -0.05) is 28.0 Å². The second-order valence-corrected chi connectivity index (χ2v) is 9.67. The second kappa shape index (κ2) is 8.47. The molecule has 4 rings (SSSR count). The molecule has 2 atom stereocenters. The summed E-state index contributed by atoms with van der Waals surface area (Å²) in [5.41, 5.74) is 0.766. The number of rotatable bonds is 7. The summed E-state index contributed by atoms with van der Waals surface area (Å²) in [6.45, 7) is 1.66. The molecule has 1 amide bonds. The van der Waals surface area contributed by atoms with Gasteiger partial charge in [0, 0.05) is 48.9 Å². The minimum atomic E-state index is 0.180. The highest BCUT2D eigenvalue weighted by atomic mass is 33.1. The lowest BCUT2D eigenvalue weighted by Gasteiger charge is -2.18. The molecule has 9 heteroatoms. The van der Waals surface area contributed by atoms with E-state index in [1.54, 1.807) is 12.5 Å². The molecule has 0 unspecified atom stereocenters. The molecule has 140 valence electrons. The molecule has 0 radical (unpaired) electrons. The van der Waals surface area contributed by atoms with E-state index in [2.05, 4.69) is 25.4 Å². The van der Waals surface area contributed by atoms with Crippen molar-refractivity contribution in [2.75, 3.05) is 23.7 Å². The smallest absolute Gasteiger partial charge is 0.220 e. The SMILES string of the molecule is O=C(CCCC[C@@H]1CCSS1)N[C@@H]1CCN(c2nccn3cnnc23)C1. The Morgan fingerprint density at radius 1 is 1.35 bits per heavy atom. The van der Waals surface area contributed by atoms with Crippen LogP contribution in [-0.4, -0.2) is 55.6 Å². The fraction of sp³-hybridized carbons (Fsp3) is 0.647. The fourth-order valence-electron chi connectivity index (χ4n) is 3.56. The maximum Gasteiger partial charge on any atom is 0.220 e. The Morgan fingerprint density at radius 3 is 3.19 bits per heavy atom. The van der Waals surface area contributed by atoms with Gasteiger partial charge in [-0.2, -0.15) is 0 Å². The Bertz CT molecular complexity index is 748. The largest absolute Gasteiger partial charge is 0.352 e. The average molecular weight is 393 g/mol. The molecule has 1 N–H and O–H groups in total. The molecule has 2 aliphatic rings. The molecule has 0 aliphatic carbocycles. The number of unbranched alkanes of at least 4 members (excludes halogenated alkanes) is 1. The summed E-state index contributed by atoms with van der Waals surface area (Å²) < 4.78 is 1.87. The Balaban J connectivity index is 1.21. The third-order valence-corrected chi connectivity index (χ3v) is 7.96.